The van der Waals surface area contributed by atoms with Crippen LogP contribution < -0.4 is 4.90 Å². The minimum atomic E-state index is 0.206. The average molecular weight is 276 g/mol. The molecular weight excluding hydrogens is 256 g/mol. The number of hydrogen-bond donors (Lipinski definition) is 0. The lowest BCUT2D eigenvalue weighted by Crippen LogP contribution is -2.45. The number of rotatable bonds is 3. The van der Waals surface area contributed by atoms with Crippen LogP contribution in [0.3, 0.4) is 0 Å². The van der Waals surface area contributed by atoms with E-state index in [0.29, 0.717) is 0 Å². The number of ether oxygens (including phenoxy) is 1. The maximum absolute atomic E-state index is 9.47. The Kier molecular flexibility index (Phi) is 4.73. The lowest BCUT2D eigenvalue weighted by molar-refractivity contribution is -0.00524. The van der Waals surface area contributed by atoms with E-state index in [1.165, 1.54) is 0 Å². The van der Waals surface area contributed by atoms with Gasteiger partial charge < -0.3 is 9.64 Å². The summed E-state index contributed by atoms with van der Waals surface area (Å²) in [7, 11) is 0. The summed E-state index contributed by atoms with van der Waals surface area (Å²) in [6, 6.07) is 8.49. The monoisotopic (exact) mass is 276 g/mol. The first-order chi connectivity index (χ1) is 9.15. The van der Waals surface area contributed by atoms with Crippen molar-refractivity contribution in [2.75, 3.05) is 23.7 Å². The van der Waals surface area contributed by atoms with Gasteiger partial charge in [-0.3, -0.25) is 0 Å². The Labute approximate surface area is 119 Å². The largest absolute Gasteiger partial charge is 0.372 e. The lowest BCUT2D eigenvalue weighted by atomic mass is 10.1. The molecule has 4 heteroatoms. The van der Waals surface area contributed by atoms with Gasteiger partial charge in [-0.15, -0.1) is 11.8 Å². The van der Waals surface area contributed by atoms with E-state index in [9.17, 15) is 5.26 Å². The molecule has 102 valence electrons. The van der Waals surface area contributed by atoms with E-state index in [4.69, 9.17) is 4.74 Å². The second kappa shape index (κ2) is 6.31. The molecule has 0 aromatic heterocycles. The molecule has 2 rings (SSSR count). The van der Waals surface area contributed by atoms with Crippen LogP contribution in [0.15, 0.2) is 23.1 Å². The number of benzene rings is 1. The molecule has 0 radical (unpaired) electrons. The zero-order valence-electron chi connectivity index (χ0n) is 11.7. The minimum absolute atomic E-state index is 0.206. The van der Waals surface area contributed by atoms with E-state index in [1.54, 1.807) is 11.8 Å². The Hall–Kier alpha value is -1.18. The Morgan fingerprint density at radius 1 is 1.37 bits per heavy atom. The van der Waals surface area contributed by atoms with Crippen LogP contribution in [0, 0.1) is 11.3 Å². The average Bonchev–Trinajstić information content (AvgIpc) is 2.37. The van der Waals surface area contributed by atoms with Crippen LogP contribution in [0.25, 0.3) is 0 Å². The molecule has 19 heavy (non-hydrogen) atoms. The van der Waals surface area contributed by atoms with Gasteiger partial charge in [-0.1, -0.05) is 13.0 Å². The second-order valence-electron chi connectivity index (χ2n) is 4.86. The van der Waals surface area contributed by atoms with Crippen LogP contribution in [0.1, 0.15) is 26.3 Å². The number of thioether (sulfide) groups is 1. The summed E-state index contributed by atoms with van der Waals surface area (Å²) in [4.78, 5) is 3.35. The predicted molar refractivity (Wildman–Crippen MR) is 79.8 cm³/mol. The number of morpholine rings is 1. The first-order valence-corrected chi connectivity index (χ1v) is 7.70. The number of anilines is 1. The van der Waals surface area contributed by atoms with Gasteiger partial charge in [0.05, 0.1) is 23.5 Å². The molecule has 0 saturated carbocycles. The third-order valence-corrected chi connectivity index (χ3v) is 4.12. The van der Waals surface area contributed by atoms with E-state index in [-0.39, 0.29) is 12.2 Å². The third-order valence-electron chi connectivity index (χ3n) is 3.18. The van der Waals surface area contributed by atoms with E-state index in [2.05, 4.69) is 31.7 Å². The normalized spacial score (nSPS) is 23.2. The topological polar surface area (TPSA) is 36.3 Å². The fraction of sp³-hybridized carbons (Fsp3) is 0.533. The van der Waals surface area contributed by atoms with Gasteiger partial charge >= 0.3 is 0 Å². The van der Waals surface area contributed by atoms with E-state index >= 15 is 0 Å². The molecule has 1 saturated heterocycles. The van der Waals surface area contributed by atoms with Crippen LogP contribution in [0.4, 0.5) is 5.69 Å². The van der Waals surface area contributed by atoms with Crippen molar-refractivity contribution in [1.82, 2.24) is 0 Å². The molecule has 0 amide bonds. The molecule has 0 bridgehead atoms. The van der Waals surface area contributed by atoms with Gasteiger partial charge in [0.2, 0.25) is 0 Å². The molecule has 2 atom stereocenters. The van der Waals surface area contributed by atoms with Crippen LogP contribution in [-0.4, -0.2) is 31.1 Å². The lowest BCUT2D eigenvalue weighted by Gasteiger charge is -2.37. The number of nitriles is 1. The Bertz CT molecular complexity index is 474. The molecule has 1 aliphatic rings. The molecule has 0 spiro atoms. The zero-order valence-corrected chi connectivity index (χ0v) is 12.5. The quantitative estimate of drug-likeness (QED) is 0.794. The minimum Gasteiger partial charge on any atom is -0.372 e. The number of nitrogens with zero attached hydrogens (tertiary/aromatic N) is 2. The Morgan fingerprint density at radius 3 is 2.63 bits per heavy atom. The van der Waals surface area contributed by atoms with Crippen molar-refractivity contribution in [3.05, 3.63) is 23.8 Å². The van der Waals surface area contributed by atoms with Crippen molar-refractivity contribution in [2.24, 2.45) is 0 Å². The molecule has 1 fully saturated rings. The van der Waals surface area contributed by atoms with Gasteiger partial charge in [0.15, 0.2) is 0 Å². The maximum atomic E-state index is 9.47. The molecule has 1 aromatic carbocycles. The van der Waals surface area contributed by atoms with Crippen molar-refractivity contribution in [2.45, 2.75) is 37.9 Å². The maximum Gasteiger partial charge on any atom is 0.103 e. The fourth-order valence-corrected chi connectivity index (χ4v) is 3.33. The first kappa shape index (κ1) is 14.2. The predicted octanol–water partition coefficient (Wildman–Crippen LogP) is 3.28. The van der Waals surface area contributed by atoms with Gasteiger partial charge in [0, 0.05) is 18.0 Å². The molecule has 1 aromatic rings. The SMILES string of the molecule is CCSc1cccc(N2C[C@@H](C)O[C@@H](C)C2)c1C#N. The summed E-state index contributed by atoms with van der Waals surface area (Å²) in [5.41, 5.74) is 1.85. The van der Waals surface area contributed by atoms with Gasteiger partial charge in [-0.25, -0.2) is 0 Å². The molecule has 0 unspecified atom stereocenters. The summed E-state index contributed by atoms with van der Waals surface area (Å²) in [6.45, 7) is 7.97. The molecule has 0 N–H and O–H groups in total. The van der Waals surface area contributed by atoms with Crippen molar-refractivity contribution in [1.29, 1.82) is 5.26 Å². The highest BCUT2D eigenvalue weighted by Gasteiger charge is 2.24. The van der Waals surface area contributed by atoms with Gasteiger partial charge in [-0.2, -0.15) is 5.26 Å². The molecular formula is C15H20N2OS. The van der Waals surface area contributed by atoms with Crippen LogP contribution in [0.2, 0.25) is 0 Å². The molecule has 0 aliphatic carbocycles. The van der Waals surface area contributed by atoms with Crippen LogP contribution in [-0.2, 0) is 4.74 Å². The summed E-state index contributed by atoms with van der Waals surface area (Å²) >= 11 is 1.73. The van der Waals surface area contributed by atoms with Crippen molar-refractivity contribution < 1.29 is 4.74 Å². The smallest absolute Gasteiger partial charge is 0.103 e. The summed E-state index contributed by atoms with van der Waals surface area (Å²) in [6.07, 6.45) is 0.413. The van der Waals surface area contributed by atoms with Crippen LogP contribution in [0.5, 0.6) is 0 Å². The highest BCUT2D eigenvalue weighted by atomic mass is 32.2. The summed E-state index contributed by atoms with van der Waals surface area (Å²) < 4.78 is 5.76. The van der Waals surface area contributed by atoms with E-state index in [1.807, 2.05) is 18.2 Å². The van der Waals surface area contributed by atoms with Crippen molar-refractivity contribution >= 4 is 17.4 Å². The molecule has 1 aliphatic heterocycles. The zero-order chi connectivity index (χ0) is 13.8. The summed E-state index contributed by atoms with van der Waals surface area (Å²) in [5, 5.41) is 9.47. The Morgan fingerprint density at radius 2 is 2.05 bits per heavy atom. The standard InChI is InChI=1S/C15H20N2OS/c1-4-19-15-7-5-6-14(13(15)8-16)17-9-11(2)18-12(3)10-17/h5-7,11-12H,4,9-10H2,1-3H3/t11-,12+. The number of hydrogen-bond acceptors (Lipinski definition) is 4. The Balaban J connectivity index is 2.33. The van der Waals surface area contributed by atoms with Crippen LogP contribution >= 0.6 is 11.8 Å². The van der Waals surface area contributed by atoms with Gasteiger partial charge in [-0.05, 0) is 31.7 Å². The molecule has 3 nitrogen and oxygen atoms in total. The third kappa shape index (κ3) is 3.23. The van der Waals surface area contributed by atoms with Crippen molar-refractivity contribution in [3.63, 3.8) is 0 Å². The van der Waals surface area contributed by atoms with Gasteiger partial charge in [0.1, 0.15) is 6.07 Å². The fourth-order valence-electron chi connectivity index (χ4n) is 2.55. The highest BCUT2D eigenvalue weighted by molar-refractivity contribution is 7.99. The summed E-state index contributed by atoms with van der Waals surface area (Å²) in [5.74, 6) is 0.980. The highest BCUT2D eigenvalue weighted by Crippen LogP contribution is 2.31. The first-order valence-electron chi connectivity index (χ1n) is 6.72. The van der Waals surface area contributed by atoms with E-state index in [0.717, 1.165) is 35.0 Å². The van der Waals surface area contributed by atoms with E-state index < -0.39 is 0 Å². The van der Waals surface area contributed by atoms with Gasteiger partial charge in [0.25, 0.3) is 0 Å². The van der Waals surface area contributed by atoms with Crippen molar-refractivity contribution in [3.8, 4) is 6.07 Å². The second-order valence-corrected chi connectivity index (χ2v) is 6.16. The molecule has 1 heterocycles.